The number of ether oxygens (including phenoxy) is 2. The predicted octanol–water partition coefficient (Wildman–Crippen LogP) is 3.13. The maximum atomic E-state index is 10.1. The van der Waals surface area contributed by atoms with Gasteiger partial charge in [0.25, 0.3) is 0 Å². The molecule has 2 aromatic carbocycles. The number of hydrogen-bond acceptors (Lipinski definition) is 5. The summed E-state index contributed by atoms with van der Waals surface area (Å²) in [7, 11) is 7.22. The van der Waals surface area contributed by atoms with Gasteiger partial charge in [-0.3, -0.25) is 4.99 Å². The van der Waals surface area contributed by atoms with Gasteiger partial charge in [-0.1, -0.05) is 24.3 Å². The molecule has 1 N–H and O–H groups in total. The summed E-state index contributed by atoms with van der Waals surface area (Å²) >= 11 is 0. The zero-order chi connectivity index (χ0) is 17.5. The lowest BCUT2D eigenvalue weighted by atomic mass is 10.0. The van der Waals surface area contributed by atoms with Gasteiger partial charge in [-0.15, -0.1) is 0 Å². The molecule has 2 aromatic rings. The summed E-state index contributed by atoms with van der Waals surface area (Å²) < 4.78 is 10.6. The summed E-state index contributed by atoms with van der Waals surface area (Å²) in [5.41, 5.74) is 1.71. The van der Waals surface area contributed by atoms with Crippen LogP contribution in [0.3, 0.4) is 0 Å². The largest absolute Gasteiger partial charge is 0.504 e. The second-order valence-corrected chi connectivity index (χ2v) is 5.61. The summed E-state index contributed by atoms with van der Waals surface area (Å²) in [6.45, 7) is 0.546. The Morgan fingerprint density at radius 3 is 2.38 bits per heavy atom. The van der Waals surface area contributed by atoms with E-state index in [-0.39, 0.29) is 11.8 Å². The number of aromatic hydroxyl groups is 1. The maximum absolute atomic E-state index is 10.1. The number of methoxy groups -OCH3 is 2. The van der Waals surface area contributed by atoms with Crippen molar-refractivity contribution in [3.05, 3.63) is 53.6 Å². The molecule has 0 aliphatic heterocycles. The van der Waals surface area contributed by atoms with E-state index in [0.717, 1.165) is 11.3 Å². The minimum atomic E-state index is 0.0742. The molecular weight excluding hydrogens is 304 g/mol. The van der Waals surface area contributed by atoms with Gasteiger partial charge in [0, 0.05) is 17.3 Å². The third-order valence-corrected chi connectivity index (χ3v) is 3.88. The molecule has 2 rings (SSSR count). The molecule has 128 valence electrons. The highest BCUT2D eigenvalue weighted by atomic mass is 16.5. The lowest BCUT2D eigenvalue weighted by Gasteiger charge is -2.24. The fourth-order valence-corrected chi connectivity index (χ4v) is 2.54. The molecule has 0 aromatic heterocycles. The van der Waals surface area contributed by atoms with Crippen LogP contribution < -0.4 is 9.47 Å². The van der Waals surface area contributed by atoms with Crippen LogP contribution in [0.5, 0.6) is 17.2 Å². The second-order valence-electron chi connectivity index (χ2n) is 5.61. The van der Waals surface area contributed by atoms with Crippen molar-refractivity contribution in [3.63, 3.8) is 0 Å². The highest BCUT2D eigenvalue weighted by Crippen LogP contribution is 2.29. The molecule has 0 radical (unpaired) electrons. The quantitative estimate of drug-likeness (QED) is 0.794. The lowest BCUT2D eigenvalue weighted by Crippen LogP contribution is -2.23. The second kappa shape index (κ2) is 8.36. The minimum absolute atomic E-state index is 0.0742. The lowest BCUT2D eigenvalue weighted by molar-refractivity contribution is 0.295. The number of para-hydroxylation sites is 2. The van der Waals surface area contributed by atoms with E-state index >= 15 is 0 Å². The molecule has 0 fully saturated rings. The van der Waals surface area contributed by atoms with Crippen molar-refractivity contribution >= 4 is 6.21 Å². The number of phenols is 1. The molecule has 0 heterocycles. The van der Waals surface area contributed by atoms with Crippen molar-refractivity contribution < 1.29 is 14.6 Å². The number of phenolic OH excluding ortho intramolecular Hbond substituents is 1. The van der Waals surface area contributed by atoms with Crippen molar-refractivity contribution in [2.45, 2.75) is 6.04 Å². The van der Waals surface area contributed by atoms with Gasteiger partial charge in [0.2, 0.25) is 0 Å². The minimum Gasteiger partial charge on any atom is -0.504 e. The summed E-state index contributed by atoms with van der Waals surface area (Å²) in [4.78, 5) is 6.61. The topological polar surface area (TPSA) is 54.3 Å². The van der Waals surface area contributed by atoms with Crippen LogP contribution in [-0.4, -0.2) is 51.1 Å². The maximum Gasteiger partial charge on any atom is 0.166 e. The molecule has 1 atom stereocenters. The van der Waals surface area contributed by atoms with Crippen LogP contribution in [0.2, 0.25) is 0 Å². The Kier molecular flexibility index (Phi) is 6.21. The first-order chi connectivity index (χ1) is 11.6. The van der Waals surface area contributed by atoms with E-state index in [9.17, 15) is 5.11 Å². The Morgan fingerprint density at radius 2 is 1.71 bits per heavy atom. The van der Waals surface area contributed by atoms with E-state index in [1.807, 2.05) is 44.4 Å². The first-order valence-corrected chi connectivity index (χ1v) is 7.73. The van der Waals surface area contributed by atoms with Crippen molar-refractivity contribution in [1.29, 1.82) is 0 Å². The highest BCUT2D eigenvalue weighted by Gasteiger charge is 2.17. The Bertz CT molecular complexity index is 699. The van der Waals surface area contributed by atoms with Crippen molar-refractivity contribution in [2.24, 2.45) is 4.99 Å². The Balaban J connectivity index is 2.21. The molecule has 0 aliphatic carbocycles. The number of hydrogen-bond donors (Lipinski definition) is 1. The number of nitrogens with zero attached hydrogens (tertiary/aromatic N) is 2. The van der Waals surface area contributed by atoms with Gasteiger partial charge in [0.05, 0.1) is 26.8 Å². The normalized spacial score (nSPS) is 12.5. The molecule has 24 heavy (non-hydrogen) atoms. The van der Waals surface area contributed by atoms with Crippen LogP contribution in [0, 0.1) is 0 Å². The van der Waals surface area contributed by atoms with Gasteiger partial charge in [-0.25, -0.2) is 0 Å². The molecule has 5 heteroatoms. The SMILES string of the molecule is COc1ccccc1[C@@H](CN=Cc1cccc(OC)c1O)N(C)C. The van der Waals surface area contributed by atoms with Crippen molar-refractivity contribution in [1.82, 2.24) is 4.90 Å². The third-order valence-electron chi connectivity index (χ3n) is 3.88. The molecule has 0 saturated carbocycles. The highest BCUT2D eigenvalue weighted by molar-refractivity contribution is 5.84. The predicted molar refractivity (Wildman–Crippen MR) is 96.5 cm³/mol. The Labute approximate surface area is 143 Å². The van der Waals surface area contributed by atoms with E-state index in [4.69, 9.17) is 9.47 Å². The average Bonchev–Trinajstić information content (AvgIpc) is 2.59. The van der Waals surface area contributed by atoms with Gasteiger partial charge in [-0.05, 0) is 32.3 Å². The molecule has 0 spiro atoms. The number of rotatable bonds is 7. The summed E-state index contributed by atoms with van der Waals surface area (Å²) in [5, 5.41) is 10.1. The fraction of sp³-hybridized carbons (Fsp3) is 0.316. The van der Waals surface area contributed by atoms with Gasteiger partial charge >= 0.3 is 0 Å². The van der Waals surface area contributed by atoms with E-state index in [1.165, 1.54) is 7.11 Å². The summed E-state index contributed by atoms with van der Waals surface area (Å²) in [6, 6.07) is 13.3. The molecule has 0 saturated heterocycles. The van der Waals surface area contributed by atoms with Crippen molar-refractivity contribution in [2.75, 3.05) is 34.9 Å². The molecule has 5 nitrogen and oxygen atoms in total. The molecule has 0 aliphatic rings. The smallest absolute Gasteiger partial charge is 0.166 e. The van der Waals surface area contributed by atoms with E-state index in [2.05, 4.69) is 9.89 Å². The van der Waals surface area contributed by atoms with Crippen LogP contribution >= 0.6 is 0 Å². The van der Waals surface area contributed by atoms with E-state index < -0.39 is 0 Å². The van der Waals surface area contributed by atoms with Crippen LogP contribution in [-0.2, 0) is 0 Å². The zero-order valence-corrected chi connectivity index (χ0v) is 14.6. The fourth-order valence-electron chi connectivity index (χ4n) is 2.54. The molecule has 0 amide bonds. The van der Waals surface area contributed by atoms with Crippen LogP contribution in [0.25, 0.3) is 0 Å². The first kappa shape index (κ1) is 17.8. The van der Waals surface area contributed by atoms with Crippen LogP contribution in [0.15, 0.2) is 47.5 Å². The summed E-state index contributed by atoms with van der Waals surface area (Å²) in [6.07, 6.45) is 1.67. The summed E-state index contributed by atoms with van der Waals surface area (Å²) in [5.74, 6) is 1.38. The first-order valence-electron chi connectivity index (χ1n) is 7.73. The number of benzene rings is 2. The number of aliphatic imine (C=N–C) groups is 1. The standard InChI is InChI=1S/C19H24N2O3/c1-21(2)16(15-9-5-6-10-17(15)23-3)13-20-12-14-8-7-11-18(24-4)19(14)22/h5-12,16,22H,13H2,1-4H3/t16-/m1/s1. The monoisotopic (exact) mass is 328 g/mol. The van der Waals surface area contributed by atoms with Gasteiger partial charge in [0.15, 0.2) is 11.5 Å². The zero-order valence-electron chi connectivity index (χ0n) is 14.6. The van der Waals surface area contributed by atoms with E-state index in [1.54, 1.807) is 25.5 Å². The molecule has 0 bridgehead atoms. The Hall–Kier alpha value is -2.53. The molecular formula is C19H24N2O3. The van der Waals surface area contributed by atoms with Crippen molar-refractivity contribution in [3.8, 4) is 17.2 Å². The van der Waals surface area contributed by atoms with Crippen LogP contribution in [0.4, 0.5) is 0 Å². The van der Waals surface area contributed by atoms with E-state index in [0.29, 0.717) is 17.9 Å². The van der Waals surface area contributed by atoms with Gasteiger partial charge in [0.1, 0.15) is 5.75 Å². The number of likely N-dealkylation sites (N-methyl/N-ethyl adjacent to an activating group) is 1. The van der Waals surface area contributed by atoms with Crippen LogP contribution in [0.1, 0.15) is 17.2 Å². The van der Waals surface area contributed by atoms with Gasteiger partial charge in [-0.2, -0.15) is 0 Å². The molecule has 0 unspecified atom stereocenters. The Morgan fingerprint density at radius 1 is 1.04 bits per heavy atom. The third kappa shape index (κ3) is 4.06. The van der Waals surface area contributed by atoms with Gasteiger partial charge < -0.3 is 19.5 Å². The average molecular weight is 328 g/mol.